The Balaban J connectivity index is 2.17. The van der Waals surface area contributed by atoms with Gasteiger partial charge < -0.3 is 14.9 Å². The molecule has 19 heavy (non-hydrogen) atoms. The summed E-state index contributed by atoms with van der Waals surface area (Å²) in [6.45, 7) is 6.59. The van der Waals surface area contributed by atoms with Crippen LogP contribution in [0.25, 0.3) is 0 Å². The highest BCUT2D eigenvalue weighted by Gasteiger charge is 2.09. The summed E-state index contributed by atoms with van der Waals surface area (Å²) in [5.41, 5.74) is 7.46. The van der Waals surface area contributed by atoms with Crippen molar-refractivity contribution < 1.29 is 9.15 Å². The highest BCUT2D eigenvalue weighted by atomic mass is 32.2. The summed E-state index contributed by atoms with van der Waals surface area (Å²) in [6.07, 6.45) is 0.968. The van der Waals surface area contributed by atoms with Gasteiger partial charge in [-0.25, -0.2) is 4.98 Å². The summed E-state index contributed by atoms with van der Waals surface area (Å²) in [4.78, 5) is 5.31. The van der Waals surface area contributed by atoms with E-state index in [2.05, 4.69) is 11.9 Å². The highest BCUT2D eigenvalue weighted by Crippen LogP contribution is 2.32. The van der Waals surface area contributed by atoms with Gasteiger partial charge in [-0.05, 0) is 44.2 Å². The maximum atomic E-state index is 5.88. The first-order valence-electron chi connectivity index (χ1n) is 6.23. The van der Waals surface area contributed by atoms with Gasteiger partial charge >= 0.3 is 0 Å². The van der Waals surface area contributed by atoms with E-state index in [4.69, 9.17) is 14.9 Å². The molecule has 0 radical (unpaired) electrons. The van der Waals surface area contributed by atoms with E-state index >= 15 is 0 Å². The number of aromatic nitrogens is 1. The van der Waals surface area contributed by atoms with E-state index in [-0.39, 0.29) is 0 Å². The van der Waals surface area contributed by atoms with Crippen LogP contribution in [0.2, 0.25) is 0 Å². The standard InChI is InChI=1S/C14H18N2O2S/c1-4-5-17-12-6-11(15)7-13(8-12)19-14-16-9(2)10(3)18-14/h6-8H,4-5,15H2,1-3H3. The van der Waals surface area contributed by atoms with Crippen molar-refractivity contribution in [1.29, 1.82) is 0 Å². The minimum absolute atomic E-state index is 0.627. The van der Waals surface area contributed by atoms with Gasteiger partial charge in [0.05, 0.1) is 12.3 Å². The number of hydrogen-bond acceptors (Lipinski definition) is 5. The average Bonchev–Trinajstić information content (AvgIpc) is 2.65. The molecule has 0 fully saturated rings. The normalized spacial score (nSPS) is 10.7. The summed E-state index contributed by atoms with van der Waals surface area (Å²) < 4.78 is 11.1. The van der Waals surface area contributed by atoms with Crippen LogP contribution in [0.3, 0.4) is 0 Å². The molecule has 0 unspecified atom stereocenters. The first-order valence-corrected chi connectivity index (χ1v) is 7.05. The number of aryl methyl sites for hydroxylation is 2. The second kappa shape index (κ2) is 6.02. The summed E-state index contributed by atoms with van der Waals surface area (Å²) >= 11 is 1.45. The van der Waals surface area contributed by atoms with E-state index in [1.165, 1.54) is 11.8 Å². The molecular formula is C14H18N2O2S. The van der Waals surface area contributed by atoms with Gasteiger partial charge in [-0.3, -0.25) is 0 Å². The van der Waals surface area contributed by atoms with Crippen molar-refractivity contribution in [2.24, 2.45) is 0 Å². The van der Waals surface area contributed by atoms with Crippen molar-refractivity contribution >= 4 is 17.4 Å². The van der Waals surface area contributed by atoms with Crippen LogP contribution in [0.15, 0.2) is 32.7 Å². The van der Waals surface area contributed by atoms with Crippen LogP contribution in [0.5, 0.6) is 5.75 Å². The van der Waals surface area contributed by atoms with Crippen molar-refractivity contribution in [3.8, 4) is 5.75 Å². The molecule has 1 heterocycles. The number of nitrogen functional groups attached to an aromatic ring is 1. The Kier molecular flexibility index (Phi) is 4.37. The molecule has 0 spiro atoms. The Morgan fingerprint density at radius 3 is 2.74 bits per heavy atom. The Hall–Kier alpha value is -1.62. The van der Waals surface area contributed by atoms with Crippen LogP contribution in [-0.4, -0.2) is 11.6 Å². The molecule has 0 saturated heterocycles. The predicted octanol–water partition coefficient (Wildman–Crippen LogP) is 3.81. The quantitative estimate of drug-likeness (QED) is 0.843. The molecule has 0 aliphatic carbocycles. The largest absolute Gasteiger partial charge is 0.493 e. The van der Waals surface area contributed by atoms with Crippen molar-refractivity contribution in [2.75, 3.05) is 12.3 Å². The molecule has 1 aromatic heterocycles. The van der Waals surface area contributed by atoms with Crippen LogP contribution >= 0.6 is 11.8 Å². The van der Waals surface area contributed by atoms with Crippen LogP contribution in [0.4, 0.5) is 5.69 Å². The van der Waals surface area contributed by atoms with Crippen LogP contribution in [0, 0.1) is 13.8 Å². The van der Waals surface area contributed by atoms with Gasteiger partial charge in [-0.2, -0.15) is 0 Å². The molecule has 2 rings (SSSR count). The van der Waals surface area contributed by atoms with Crippen LogP contribution in [0.1, 0.15) is 24.8 Å². The molecule has 4 nitrogen and oxygen atoms in total. The molecule has 0 saturated carbocycles. The number of oxazole rings is 1. The van der Waals surface area contributed by atoms with Crippen LogP contribution < -0.4 is 10.5 Å². The smallest absolute Gasteiger partial charge is 0.260 e. The van der Waals surface area contributed by atoms with Crippen molar-refractivity contribution in [3.05, 3.63) is 29.7 Å². The minimum atomic E-state index is 0.627. The summed E-state index contributed by atoms with van der Waals surface area (Å²) in [6, 6.07) is 5.66. The van der Waals surface area contributed by atoms with E-state index in [0.717, 1.165) is 28.5 Å². The Morgan fingerprint density at radius 1 is 1.32 bits per heavy atom. The van der Waals surface area contributed by atoms with Gasteiger partial charge in [0, 0.05) is 16.6 Å². The number of hydrogen-bond donors (Lipinski definition) is 1. The molecule has 1 aromatic carbocycles. The molecule has 2 aromatic rings. The molecule has 5 heteroatoms. The molecule has 102 valence electrons. The van der Waals surface area contributed by atoms with Gasteiger partial charge in [0.25, 0.3) is 5.22 Å². The first kappa shape index (κ1) is 13.8. The maximum absolute atomic E-state index is 5.88. The topological polar surface area (TPSA) is 61.3 Å². The molecule has 0 aliphatic heterocycles. The number of benzene rings is 1. The van der Waals surface area contributed by atoms with E-state index in [9.17, 15) is 0 Å². The average molecular weight is 278 g/mol. The lowest BCUT2D eigenvalue weighted by molar-refractivity contribution is 0.317. The number of rotatable bonds is 5. The highest BCUT2D eigenvalue weighted by molar-refractivity contribution is 7.99. The second-order valence-corrected chi connectivity index (χ2v) is 5.33. The Bertz CT molecular complexity index is 547. The zero-order valence-corrected chi connectivity index (χ0v) is 12.2. The van der Waals surface area contributed by atoms with Crippen LogP contribution in [-0.2, 0) is 0 Å². The van der Waals surface area contributed by atoms with Gasteiger partial charge in [0.2, 0.25) is 0 Å². The Labute approximate surface area is 117 Å². The molecule has 0 amide bonds. The molecule has 0 atom stereocenters. The fraction of sp³-hybridized carbons (Fsp3) is 0.357. The van der Waals surface area contributed by atoms with Gasteiger partial charge in [0.1, 0.15) is 11.5 Å². The SMILES string of the molecule is CCCOc1cc(N)cc(Sc2nc(C)c(C)o2)c1. The van der Waals surface area contributed by atoms with Gasteiger partial charge in [-0.1, -0.05) is 6.92 Å². The molecule has 0 aliphatic rings. The van der Waals surface area contributed by atoms with Crippen molar-refractivity contribution in [3.63, 3.8) is 0 Å². The number of anilines is 1. The van der Waals surface area contributed by atoms with Crippen molar-refractivity contribution in [2.45, 2.75) is 37.3 Å². The second-order valence-electron chi connectivity index (χ2n) is 4.31. The van der Waals surface area contributed by atoms with E-state index < -0.39 is 0 Å². The number of ether oxygens (including phenoxy) is 1. The Morgan fingerprint density at radius 2 is 2.11 bits per heavy atom. The molecule has 0 bridgehead atoms. The zero-order chi connectivity index (χ0) is 13.8. The third-order valence-electron chi connectivity index (χ3n) is 2.59. The fourth-order valence-corrected chi connectivity index (χ4v) is 2.46. The predicted molar refractivity (Wildman–Crippen MR) is 76.7 cm³/mol. The van der Waals surface area contributed by atoms with Crippen molar-refractivity contribution in [1.82, 2.24) is 4.98 Å². The lowest BCUT2D eigenvalue weighted by atomic mass is 10.3. The maximum Gasteiger partial charge on any atom is 0.260 e. The van der Waals surface area contributed by atoms with E-state index in [1.54, 1.807) is 0 Å². The zero-order valence-electron chi connectivity index (χ0n) is 11.4. The summed E-state index contributed by atoms with van der Waals surface area (Å²) in [7, 11) is 0. The first-order chi connectivity index (χ1) is 9.08. The lowest BCUT2D eigenvalue weighted by Gasteiger charge is -2.07. The molecular weight excluding hydrogens is 260 g/mol. The lowest BCUT2D eigenvalue weighted by Crippen LogP contribution is -1.96. The monoisotopic (exact) mass is 278 g/mol. The van der Waals surface area contributed by atoms with E-state index in [0.29, 0.717) is 17.5 Å². The molecule has 2 N–H and O–H groups in total. The third kappa shape index (κ3) is 3.67. The summed E-state index contributed by atoms with van der Waals surface area (Å²) in [5, 5.41) is 0.627. The van der Waals surface area contributed by atoms with E-state index in [1.807, 2.05) is 32.0 Å². The number of nitrogens with zero attached hydrogens (tertiary/aromatic N) is 1. The van der Waals surface area contributed by atoms with Gasteiger partial charge in [0.15, 0.2) is 0 Å². The third-order valence-corrected chi connectivity index (χ3v) is 3.41. The number of nitrogens with two attached hydrogens (primary N) is 1. The van der Waals surface area contributed by atoms with Gasteiger partial charge in [-0.15, -0.1) is 0 Å². The minimum Gasteiger partial charge on any atom is -0.493 e. The fourth-order valence-electron chi connectivity index (χ4n) is 1.54. The summed E-state index contributed by atoms with van der Waals surface area (Å²) in [5.74, 6) is 1.62.